The highest BCUT2D eigenvalue weighted by Crippen LogP contribution is 2.73. The van der Waals surface area contributed by atoms with E-state index in [1.54, 1.807) is 35.6 Å². The van der Waals surface area contributed by atoms with Crippen molar-refractivity contribution < 1.29 is 34.4 Å². The fourth-order valence-corrected chi connectivity index (χ4v) is 8.73. The van der Waals surface area contributed by atoms with Gasteiger partial charge >= 0.3 is 0 Å². The standard InChI is InChI=1S/C28H32INO7/c1-14-11-27-12-28(14,35)7-5-17(27)16-10-18(31)23(32)26(2,25(29)34)21(16)22(27)24(33)30-8-6-15-3-4-19-20(9-15)37-13-36-19/h3-4,9-10,17-18,21-23,31-32,35H,1,5-8,11-13H2,2H3,(H,30,33)/t17-,18+,21?,22+,23-,26-,27-,28-/m0/s1. The molecule has 3 saturated carbocycles. The van der Waals surface area contributed by atoms with E-state index in [-0.39, 0.29) is 22.4 Å². The first-order valence-corrected chi connectivity index (χ1v) is 13.9. The van der Waals surface area contributed by atoms with Crippen LogP contribution in [0, 0.1) is 28.6 Å². The van der Waals surface area contributed by atoms with E-state index < -0.39 is 40.5 Å². The number of ether oxygens (including phenoxy) is 2. The van der Waals surface area contributed by atoms with Crippen molar-refractivity contribution in [3.05, 3.63) is 47.6 Å². The molecule has 1 aromatic carbocycles. The molecule has 9 heteroatoms. The number of carbonyl (C=O) groups is 2. The number of rotatable bonds is 5. The summed E-state index contributed by atoms with van der Waals surface area (Å²) in [6.07, 6.45) is 1.81. The maximum atomic E-state index is 14.1. The van der Waals surface area contributed by atoms with Gasteiger partial charge in [-0.1, -0.05) is 24.3 Å². The molecule has 4 N–H and O–H groups in total. The number of aliphatic hydroxyl groups excluding tert-OH is 2. The Morgan fingerprint density at radius 3 is 2.76 bits per heavy atom. The number of carbonyl (C=O) groups excluding carboxylic acids is 2. The molecule has 1 unspecified atom stereocenters. The van der Waals surface area contributed by atoms with E-state index in [2.05, 4.69) is 11.9 Å². The van der Waals surface area contributed by atoms with Crippen LogP contribution in [-0.2, 0) is 16.0 Å². The number of hydrogen-bond acceptors (Lipinski definition) is 7. The molecule has 37 heavy (non-hydrogen) atoms. The average molecular weight is 621 g/mol. The zero-order valence-corrected chi connectivity index (χ0v) is 22.9. The summed E-state index contributed by atoms with van der Waals surface area (Å²) in [4.78, 5) is 27.2. The van der Waals surface area contributed by atoms with Crippen molar-refractivity contribution in [1.82, 2.24) is 5.32 Å². The van der Waals surface area contributed by atoms with Gasteiger partial charge in [0.05, 0.1) is 29.1 Å². The number of hydrogen-bond donors (Lipinski definition) is 4. The number of aliphatic hydroxyl groups is 3. The lowest BCUT2D eigenvalue weighted by Crippen LogP contribution is -2.56. The van der Waals surface area contributed by atoms with Crippen LogP contribution in [0.4, 0.5) is 0 Å². The highest BCUT2D eigenvalue weighted by Gasteiger charge is 2.73. The minimum Gasteiger partial charge on any atom is -0.454 e. The summed E-state index contributed by atoms with van der Waals surface area (Å²) >= 11 is 1.69. The van der Waals surface area contributed by atoms with Crippen molar-refractivity contribution in [2.24, 2.45) is 28.6 Å². The molecule has 2 bridgehead atoms. The number of amides is 1. The van der Waals surface area contributed by atoms with Crippen molar-refractivity contribution in [3.63, 3.8) is 0 Å². The predicted octanol–water partition coefficient (Wildman–Crippen LogP) is 2.43. The third kappa shape index (κ3) is 3.49. The molecule has 198 valence electrons. The highest BCUT2D eigenvalue weighted by molar-refractivity contribution is 14.1. The maximum Gasteiger partial charge on any atom is 0.231 e. The molecule has 1 heterocycles. The summed E-state index contributed by atoms with van der Waals surface area (Å²) in [6.45, 7) is 6.43. The van der Waals surface area contributed by atoms with E-state index in [1.165, 1.54) is 0 Å². The van der Waals surface area contributed by atoms with Crippen molar-refractivity contribution in [3.8, 4) is 11.5 Å². The van der Waals surface area contributed by atoms with Gasteiger partial charge in [-0.2, -0.15) is 0 Å². The third-order valence-corrected chi connectivity index (χ3v) is 11.0. The lowest BCUT2D eigenvalue weighted by atomic mass is 9.60. The molecular formula is C28H32INO7. The first-order chi connectivity index (χ1) is 17.5. The van der Waals surface area contributed by atoms with Gasteiger partial charge in [-0.05, 0) is 73.6 Å². The van der Waals surface area contributed by atoms with Crippen LogP contribution in [0.1, 0.15) is 38.2 Å². The fraction of sp³-hybridized carbons (Fsp3) is 0.571. The Morgan fingerprint density at radius 1 is 1.24 bits per heavy atom. The molecule has 3 fully saturated rings. The first-order valence-electron chi connectivity index (χ1n) is 12.9. The summed E-state index contributed by atoms with van der Waals surface area (Å²) < 4.78 is 10.5. The molecule has 6 rings (SSSR count). The third-order valence-electron chi connectivity index (χ3n) is 9.88. The number of nitrogens with one attached hydrogen (secondary N) is 1. The summed E-state index contributed by atoms with van der Waals surface area (Å²) in [5, 5.41) is 36.3. The minimum atomic E-state index is -1.34. The van der Waals surface area contributed by atoms with Gasteiger partial charge in [0.2, 0.25) is 16.5 Å². The van der Waals surface area contributed by atoms with Crippen LogP contribution in [0.25, 0.3) is 0 Å². The molecular weight excluding hydrogens is 589 g/mol. The largest absolute Gasteiger partial charge is 0.454 e. The molecule has 5 aliphatic rings. The van der Waals surface area contributed by atoms with Crippen LogP contribution in [-0.4, -0.2) is 56.2 Å². The molecule has 1 amide bonds. The van der Waals surface area contributed by atoms with Crippen LogP contribution in [0.15, 0.2) is 42.0 Å². The van der Waals surface area contributed by atoms with Crippen molar-refractivity contribution in [2.45, 2.75) is 56.8 Å². The Morgan fingerprint density at radius 2 is 2.00 bits per heavy atom. The van der Waals surface area contributed by atoms with Gasteiger partial charge in [0, 0.05) is 35.1 Å². The van der Waals surface area contributed by atoms with Gasteiger partial charge in [-0.15, -0.1) is 0 Å². The van der Waals surface area contributed by atoms with E-state index in [4.69, 9.17) is 9.47 Å². The molecule has 1 aliphatic heterocycles. The second kappa shape index (κ2) is 8.53. The predicted molar refractivity (Wildman–Crippen MR) is 142 cm³/mol. The van der Waals surface area contributed by atoms with E-state index in [0.29, 0.717) is 50.1 Å². The lowest BCUT2D eigenvalue weighted by Gasteiger charge is -2.45. The fourth-order valence-electron chi connectivity index (χ4n) is 8.08. The maximum absolute atomic E-state index is 14.1. The van der Waals surface area contributed by atoms with Crippen LogP contribution in [0.2, 0.25) is 0 Å². The Balaban J connectivity index is 1.34. The van der Waals surface area contributed by atoms with Gasteiger partial charge in [0.15, 0.2) is 11.5 Å². The first kappa shape index (κ1) is 25.3. The van der Waals surface area contributed by atoms with Crippen LogP contribution in [0.3, 0.4) is 0 Å². The van der Waals surface area contributed by atoms with Crippen molar-refractivity contribution in [2.75, 3.05) is 13.3 Å². The van der Waals surface area contributed by atoms with Gasteiger partial charge in [0.25, 0.3) is 0 Å². The SMILES string of the molecule is C=C1C[C@]23C[C@@]1(O)CC[C@H]2C1=C[C@@H](O)[C@H](O)[C@@](C)(C(=O)I)C1[C@@H]3C(=O)NCCc1ccc2c(c1)OCO2. The monoisotopic (exact) mass is 621 g/mol. The van der Waals surface area contributed by atoms with Gasteiger partial charge in [0.1, 0.15) is 0 Å². The Labute approximate surface area is 229 Å². The Kier molecular flexibility index (Phi) is 5.84. The summed E-state index contributed by atoms with van der Waals surface area (Å²) in [7, 11) is 0. The van der Waals surface area contributed by atoms with E-state index in [9.17, 15) is 24.9 Å². The van der Waals surface area contributed by atoms with E-state index >= 15 is 0 Å². The van der Waals surface area contributed by atoms with E-state index in [1.807, 2.05) is 18.2 Å². The highest BCUT2D eigenvalue weighted by atomic mass is 127. The lowest BCUT2D eigenvalue weighted by molar-refractivity contribution is -0.145. The Hall–Kier alpha value is -1.95. The normalized spacial score (nSPS) is 41.2. The second-order valence-corrected chi connectivity index (χ2v) is 12.6. The molecule has 1 spiro atoms. The van der Waals surface area contributed by atoms with Gasteiger partial charge in [-0.3, -0.25) is 9.59 Å². The van der Waals surface area contributed by atoms with Crippen LogP contribution >= 0.6 is 22.6 Å². The molecule has 0 aromatic heterocycles. The summed E-state index contributed by atoms with van der Waals surface area (Å²) in [6, 6.07) is 5.71. The second-order valence-electron chi connectivity index (χ2n) is 11.7. The minimum absolute atomic E-state index is 0.0705. The molecule has 4 aliphatic carbocycles. The topological polar surface area (TPSA) is 125 Å². The summed E-state index contributed by atoms with van der Waals surface area (Å²) in [5.41, 5.74) is -0.373. The van der Waals surface area contributed by atoms with Gasteiger partial charge < -0.3 is 30.1 Å². The van der Waals surface area contributed by atoms with Gasteiger partial charge in [-0.25, -0.2) is 0 Å². The van der Waals surface area contributed by atoms with Crippen molar-refractivity contribution in [1.29, 1.82) is 0 Å². The smallest absolute Gasteiger partial charge is 0.231 e. The molecule has 0 radical (unpaired) electrons. The number of benzene rings is 1. The molecule has 8 nitrogen and oxygen atoms in total. The zero-order valence-electron chi connectivity index (χ0n) is 20.7. The zero-order chi connectivity index (χ0) is 26.3. The number of halogens is 1. The molecule has 0 saturated heterocycles. The van der Waals surface area contributed by atoms with Crippen LogP contribution in [0.5, 0.6) is 11.5 Å². The summed E-state index contributed by atoms with van der Waals surface area (Å²) in [5.74, 6) is -0.0793. The van der Waals surface area contributed by atoms with Crippen molar-refractivity contribution >= 4 is 32.3 Å². The van der Waals surface area contributed by atoms with Crippen LogP contribution < -0.4 is 14.8 Å². The quantitative estimate of drug-likeness (QED) is 0.226. The number of allylic oxidation sites excluding steroid dienone is 1. The molecule has 1 aromatic rings. The number of fused-ring (bicyclic) bond motifs is 4. The Bertz CT molecular complexity index is 1230. The van der Waals surface area contributed by atoms with E-state index in [0.717, 1.165) is 16.7 Å². The average Bonchev–Trinajstić information content (AvgIpc) is 3.47. The molecule has 8 atom stereocenters.